The van der Waals surface area contributed by atoms with Gasteiger partial charge in [0.1, 0.15) is 5.75 Å². The first-order valence-electron chi connectivity index (χ1n) is 13.7. The van der Waals surface area contributed by atoms with Gasteiger partial charge in [-0.2, -0.15) is 4.31 Å². The molecule has 4 aromatic rings. The predicted octanol–water partition coefficient (Wildman–Crippen LogP) is 3.96. The lowest BCUT2D eigenvalue weighted by molar-refractivity contribution is -0.113. The Bertz CT molecular complexity index is 1630. The molecule has 0 aliphatic carbocycles. The van der Waals surface area contributed by atoms with Crippen LogP contribution in [-0.2, 0) is 21.4 Å². The lowest BCUT2D eigenvalue weighted by Gasteiger charge is -2.25. The van der Waals surface area contributed by atoms with Crippen LogP contribution in [0.25, 0.3) is 5.69 Å². The number of carbonyl (C=O) groups is 2. The van der Waals surface area contributed by atoms with Crippen molar-refractivity contribution in [3.05, 3.63) is 71.5 Å². The smallest absolute Gasteiger partial charge is 0.251 e. The maximum absolute atomic E-state index is 13.0. The molecule has 0 unspecified atom stereocenters. The van der Waals surface area contributed by atoms with Crippen LogP contribution in [0.2, 0.25) is 0 Å². The second-order valence-electron chi connectivity index (χ2n) is 9.51. The van der Waals surface area contributed by atoms with Crippen LogP contribution in [0.4, 0.5) is 5.13 Å². The Morgan fingerprint density at radius 3 is 2.44 bits per heavy atom. The molecule has 0 radical (unpaired) electrons. The van der Waals surface area contributed by atoms with Crippen LogP contribution in [0.3, 0.4) is 0 Å². The van der Waals surface area contributed by atoms with E-state index in [1.54, 1.807) is 16.1 Å². The molecule has 43 heavy (non-hydrogen) atoms. The maximum Gasteiger partial charge on any atom is 0.251 e. The number of hydrogen-bond acceptors (Lipinski definition) is 10. The molecule has 1 saturated heterocycles. The molecule has 15 heteroatoms. The summed E-state index contributed by atoms with van der Waals surface area (Å²) in [6, 6.07) is 13.3. The highest BCUT2D eigenvalue weighted by Gasteiger charge is 2.26. The summed E-state index contributed by atoms with van der Waals surface area (Å²) in [7, 11) is -3.59. The number of ether oxygens (including phenoxy) is 1. The van der Waals surface area contributed by atoms with Crippen LogP contribution in [0.5, 0.6) is 5.75 Å². The number of benzene rings is 2. The molecule has 12 nitrogen and oxygen atoms in total. The van der Waals surface area contributed by atoms with Gasteiger partial charge < -0.3 is 15.4 Å². The molecule has 1 aliphatic rings. The molecular formula is C28H31N7O5S3. The second kappa shape index (κ2) is 14.1. The Morgan fingerprint density at radius 1 is 1.02 bits per heavy atom. The van der Waals surface area contributed by atoms with Crippen molar-refractivity contribution in [2.24, 2.45) is 0 Å². The second-order valence-corrected chi connectivity index (χ2v) is 13.3. The molecule has 0 bridgehead atoms. The molecule has 5 rings (SSSR count). The quantitative estimate of drug-likeness (QED) is 0.219. The van der Waals surface area contributed by atoms with E-state index in [1.165, 1.54) is 51.7 Å². The Balaban J connectivity index is 1.29. The highest BCUT2D eigenvalue weighted by molar-refractivity contribution is 7.99. The van der Waals surface area contributed by atoms with E-state index < -0.39 is 10.0 Å². The molecule has 3 heterocycles. The normalized spacial score (nSPS) is 13.9. The molecule has 2 amide bonds. The average molecular weight is 642 g/mol. The summed E-state index contributed by atoms with van der Waals surface area (Å²) in [5.74, 6) is 0.608. The number of sulfonamides is 1. The molecule has 2 aromatic carbocycles. The number of piperidine rings is 1. The molecule has 2 N–H and O–H groups in total. The number of rotatable bonds is 12. The highest BCUT2D eigenvalue weighted by Crippen LogP contribution is 2.25. The third-order valence-electron chi connectivity index (χ3n) is 6.59. The number of nitrogens with zero attached hydrogens (tertiary/aromatic N) is 5. The molecule has 0 saturated carbocycles. The Kier molecular flexibility index (Phi) is 10.1. The van der Waals surface area contributed by atoms with E-state index in [0.29, 0.717) is 47.1 Å². The lowest BCUT2D eigenvalue weighted by atomic mass is 10.2. The molecule has 1 fully saturated rings. The van der Waals surface area contributed by atoms with E-state index >= 15 is 0 Å². The fourth-order valence-corrected chi connectivity index (χ4v) is 7.32. The van der Waals surface area contributed by atoms with E-state index in [9.17, 15) is 18.0 Å². The summed E-state index contributed by atoms with van der Waals surface area (Å²) in [5.41, 5.74) is 1.05. The van der Waals surface area contributed by atoms with Crippen molar-refractivity contribution >= 4 is 50.1 Å². The van der Waals surface area contributed by atoms with E-state index in [2.05, 4.69) is 25.8 Å². The van der Waals surface area contributed by atoms with Gasteiger partial charge >= 0.3 is 0 Å². The fraction of sp³-hybridized carbons (Fsp3) is 0.321. The minimum atomic E-state index is -3.59. The SMILES string of the molecule is CCOc1ccc(-n2c(CNC(=O)c3ccc(S(=O)(=O)N4CCCCC4)cc3)nnc2SCC(=O)Nc2nccs2)cc1. The standard InChI is InChI=1S/C28H31N7O5S3/c1-2-40-22-10-8-21(9-11-22)35-24(32-33-28(35)42-19-25(36)31-27-29-14-17-41-27)18-30-26(37)20-6-12-23(13-7-20)43(38,39)34-15-4-3-5-16-34/h6-14,17H,2-5,15-16,18-19H2,1H3,(H,30,37)(H,29,31,36). The Labute approximate surface area is 257 Å². The van der Waals surface area contributed by atoms with Crippen LogP contribution in [0, 0.1) is 0 Å². The van der Waals surface area contributed by atoms with Crippen LogP contribution < -0.4 is 15.4 Å². The Hall–Kier alpha value is -3.79. The minimum Gasteiger partial charge on any atom is -0.494 e. The number of thiazole rings is 1. The van der Waals surface area contributed by atoms with Crippen molar-refractivity contribution in [3.63, 3.8) is 0 Å². The van der Waals surface area contributed by atoms with Crippen molar-refractivity contribution in [1.29, 1.82) is 0 Å². The van der Waals surface area contributed by atoms with Crippen LogP contribution in [0.15, 0.2) is 70.2 Å². The molecular weight excluding hydrogens is 611 g/mol. The number of amides is 2. The van der Waals surface area contributed by atoms with E-state index in [1.807, 2.05) is 31.2 Å². The fourth-order valence-electron chi connectivity index (χ4n) is 4.49. The first-order chi connectivity index (χ1) is 20.8. The summed E-state index contributed by atoms with van der Waals surface area (Å²) in [5, 5.41) is 16.9. The predicted molar refractivity (Wildman–Crippen MR) is 164 cm³/mol. The zero-order valence-corrected chi connectivity index (χ0v) is 25.9. The average Bonchev–Trinajstić information content (AvgIpc) is 3.70. The van der Waals surface area contributed by atoms with Crippen molar-refractivity contribution < 1.29 is 22.7 Å². The number of thioether (sulfide) groups is 1. The van der Waals surface area contributed by atoms with Crippen molar-refractivity contribution in [2.75, 3.05) is 30.8 Å². The molecule has 1 aliphatic heterocycles. The van der Waals surface area contributed by atoms with Gasteiger partial charge in [0.05, 0.1) is 23.8 Å². The van der Waals surface area contributed by atoms with Crippen LogP contribution >= 0.6 is 23.1 Å². The highest BCUT2D eigenvalue weighted by atomic mass is 32.2. The first-order valence-corrected chi connectivity index (χ1v) is 17.0. The van der Waals surface area contributed by atoms with E-state index in [-0.39, 0.29) is 29.0 Å². The van der Waals surface area contributed by atoms with Crippen molar-refractivity contribution in [2.45, 2.75) is 42.8 Å². The minimum absolute atomic E-state index is 0.0404. The van der Waals surface area contributed by atoms with Gasteiger partial charge in [0.25, 0.3) is 5.91 Å². The van der Waals surface area contributed by atoms with Gasteiger partial charge in [-0.3, -0.25) is 14.2 Å². The number of aromatic nitrogens is 4. The first kappa shape index (κ1) is 30.7. The zero-order valence-electron chi connectivity index (χ0n) is 23.4. The van der Waals surface area contributed by atoms with Crippen molar-refractivity contribution in [1.82, 2.24) is 29.4 Å². The largest absolute Gasteiger partial charge is 0.494 e. The summed E-state index contributed by atoms with van der Waals surface area (Å²) in [4.78, 5) is 29.7. The summed E-state index contributed by atoms with van der Waals surface area (Å²) >= 11 is 2.53. The van der Waals surface area contributed by atoms with Gasteiger partial charge in [0, 0.05) is 35.9 Å². The van der Waals surface area contributed by atoms with Crippen LogP contribution in [-0.4, -0.2) is 69.7 Å². The van der Waals surface area contributed by atoms with Crippen LogP contribution in [0.1, 0.15) is 42.4 Å². The Morgan fingerprint density at radius 2 is 1.77 bits per heavy atom. The zero-order chi connectivity index (χ0) is 30.2. The van der Waals surface area contributed by atoms with Gasteiger partial charge in [0.15, 0.2) is 16.1 Å². The maximum atomic E-state index is 13.0. The van der Waals surface area contributed by atoms with Gasteiger partial charge in [-0.25, -0.2) is 13.4 Å². The number of hydrogen-bond donors (Lipinski definition) is 2. The topological polar surface area (TPSA) is 148 Å². The van der Waals surface area contributed by atoms with Crippen molar-refractivity contribution in [3.8, 4) is 11.4 Å². The lowest BCUT2D eigenvalue weighted by Crippen LogP contribution is -2.35. The summed E-state index contributed by atoms with van der Waals surface area (Å²) in [6.07, 6.45) is 4.34. The summed E-state index contributed by atoms with van der Waals surface area (Å²) < 4.78 is 34.7. The third-order valence-corrected chi connectivity index (χ3v) is 10.1. The van der Waals surface area contributed by atoms with E-state index in [0.717, 1.165) is 24.9 Å². The number of anilines is 1. The summed E-state index contributed by atoms with van der Waals surface area (Å²) in [6.45, 7) is 3.50. The molecule has 0 spiro atoms. The van der Waals surface area contributed by atoms with E-state index in [4.69, 9.17) is 4.74 Å². The van der Waals surface area contributed by atoms with Gasteiger partial charge in [-0.15, -0.1) is 21.5 Å². The molecule has 226 valence electrons. The van der Waals surface area contributed by atoms with Gasteiger partial charge in [-0.1, -0.05) is 18.2 Å². The van der Waals surface area contributed by atoms with Gasteiger partial charge in [-0.05, 0) is 68.3 Å². The molecule has 2 aromatic heterocycles. The molecule has 0 atom stereocenters. The van der Waals surface area contributed by atoms with Gasteiger partial charge in [0.2, 0.25) is 15.9 Å². The third kappa shape index (κ3) is 7.60. The number of nitrogens with one attached hydrogen (secondary N) is 2. The number of carbonyl (C=O) groups excluding carboxylic acids is 2. The monoisotopic (exact) mass is 641 g/mol.